The molecule has 0 atom stereocenters. The first-order valence-corrected chi connectivity index (χ1v) is 9.83. The number of fused-ring (bicyclic) bond motifs is 1. The van der Waals surface area contributed by atoms with Gasteiger partial charge in [-0.15, -0.1) is 0 Å². The molecule has 3 aromatic heterocycles. The van der Waals surface area contributed by atoms with E-state index in [0.29, 0.717) is 28.2 Å². The second-order valence-electron chi connectivity index (χ2n) is 7.67. The number of rotatable bonds is 5. The lowest BCUT2D eigenvalue weighted by Crippen LogP contribution is -2.00. The fourth-order valence-corrected chi connectivity index (χ4v) is 3.88. The second-order valence-corrected chi connectivity index (χ2v) is 7.67. The summed E-state index contributed by atoms with van der Waals surface area (Å²) in [6, 6.07) is 8.84. The second kappa shape index (κ2) is 6.90. The van der Waals surface area contributed by atoms with Crippen LogP contribution in [0.2, 0.25) is 0 Å². The lowest BCUT2D eigenvalue weighted by molar-refractivity contribution is 0.153. The normalized spacial score (nSPS) is 14.1. The van der Waals surface area contributed by atoms with Crippen molar-refractivity contribution in [3.63, 3.8) is 0 Å². The lowest BCUT2D eigenvalue weighted by Gasteiger charge is -2.09. The van der Waals surface area contributed by atoms with Gasteiger partial charge in [-0.2, -0.15) is 10.2 Å². The summed E-state index contributed by atoms with van der Waals surface area (Å²) in [7, 11) is 3.40. The largest absolute Gasteiger partial charge is 0.497 e. The number of pyridine rings is 1. The third kappa shape index (κ3) is 3.03. The van der Waals surface area contributed by atoms with Gasteiger partial charge >= 0.3 is 0 Å². The SMILES string of the molecule is COc1ccc(-n2nc(C3CC3)c3c(C(F)F)cc(-c4cn(C)nc4C)nc32)cc1. The van der Waals surface area contributed by atoms with Crippen LogP contribution in [0.1, 0.15) is 42.1 Å². The number of benzene rings is 1. The molecular weight excluding hydrogens is 388 g/mol. The fourth-order valence-electron chi connectivity index (χ4n) is 3.88. The molecule has 0 bridgehead atoms. The van der Waals surface area contributed by atoms with Crippen molar-refractivity contribution in [1.82, 2.24) is 24.5 Å². The Morgan fingerprint density at radius 3 is 2.43 bits per heavy atom. The van der Waals surface area contributed by atoms with E-state index >= 15 is 0 Å². The highest BCUT2D eigenvalue weighted by atomic mass is 19.3. The summed E-state index contributed by atoms with van der Waals surface area (Å²) in [4.78, 5) is 4.79. The molecule has 0 N–H and O–H groups in total. The van der Waals surface area contributed by atoms with E-state index in [9.17, 15) is 8.78 Å². The summed E-state index contributed by atoms with van der Waals surface area (Å²) in [6.07, 6.45) is 1.09. The Morgan fingerprint density at radius 2 is 1.87 bits per heavy atom. The topological polar surface area (TPSA) is 57.8 Å². The standard InChI is InChI=1S/C22H21F2N5O/c1-12-17(11-28(2)26-12)18-10-16(21(23)24)19-20(13-4-5-13)27-29(22(19)25-18)14-6-8-15(30-3)9-7-14/h6-11,13,21H,4-5H2,1-3H3. The molecule has 1 aromatic carbocycles. The molecule has 4 aromatic rings. The number of alkyl halides is 2. The highest BCUT2D eigenvalue weighted by Gasteiger charge is 2.33. The summed E-state index contributed by atoms with van der Waals surface area (Å²) >= 11 is 0. The molecule has 1 aliphatic carbocycles. The Morgan fingerprint density at radius 1 is 1.13 bits per heavy atom. The minimum absolute atomic E-state index is 0.0279. The van der Waals surface area contributed by atoms with Crippen molar-refractivity contribution >= 4 is 11.0 Å². The van der Waals surface area contributed by atoms with Crippen molar-refractivity contribution in [3.8, 4) is 22.7 Å². The van der Waals surface area contributed by atoms with Gasteiger partial charge in [-0.3, -0.25) is 4.68 Å². The van der Waals surface area contributed by atoms with Gasteiger partial charge in [-0.05, 0) is 50.1 Å². The summed E-state index contributed by atoms with van der Waals surface area (Å²) in [6.45, 7) is 1.85. The predicted octanol–water partition coefficient (Wildman–Crippen LogP) is 4.95. The van der Waals surface area contributed by atoms with Gasteiger partial charge < -0.3 is 4.74 Å². The van der Waals surface area contributed by atoms with Gasteiger partial charge in [-0.1, -0.05) is 0 Å². The van der Waals surface area contributed by atoms with Crippen molar-refractivity contribution < 1.29 is 13.5 Å². The molecule has 0 amide bonds. The van der Waals surface area contributed by atoms with Crippen molar-refractivity contribution in [1.29, 1.82) is 0 Å². The first-order chi connectivity index (χ1) is 14.5. The highest BCUT2D eigenvalue weighted by molar-refractivity contribution is 5.87. The van der Waals surface area contributed by atoms with Crippen LogP contribution >= 0.6 is 0 Å². The molecule has 0 unspecified atom stereocenters. The van der Waals surface area contributed by atoms with Crippen LogP contribution in [0.4, 0.5) is 8.78 Å². The molecule has 0 radical (unpaired) electrons. The molecule has 3 heterocycles. The predicted molar refractivity (Wildman–Crippen MR) is 109 cm³/mol. The molecule has 1 fully saturated rings. The van der Waals surface area contributed by atoms with Gasteiger partial charge in [0.15, 0.2) is 5.65 Å². The molecule has 6 nitrogen and oxygen atoms in total. The van der Waals surface area contributed by atoms with Crippen molar-refractivity contribution in [2.75, 3.05) is 7.11 Å². The average Bonchev–Trinajstić information content (AvgIpc) is 3.43. The molecule has 1 aliphatic rings. The van der Waals surface area contributed by atoms with Gasteiger partial charge in [0.25, 0.3) is 6.43 Å². The molecule has 0 saturated heterocycles. The van der Waals surface area contributed by atoms with Gasteiger partial charge in [-0.25, -0.2) is 18.4 Å². The lowest BCUT2D eigenvalue weighted by atomic mass is 10.0. The van der Waals surface area contributed by atoms with Crippen LogP contribution in [0, 0.1) is 6.92 Å². The van der Waals surface area contributed by atoms with Crippen LogP contribution in [0.15, 0.2) is 36.5 Å². The van der Waals surface area contributed by atoms with E-state index in [1.54, 1.807) is 29.7 Å². The molecule has 5 rings (SSSR count). The Hall–Kier alpha value is -3.29. The number of ether oxygens (including phenoxy) is 1. The third-order valence-electron chi connectivity index (χ3n) is 5.50. The molecular formula is C22H21F2N5O. The number of aromatic nitrogens is 5. The highest BCUT2D eigenvalue weighted by Crippen LogP contribution is 2.45. The van der Waals surface area contributed by atoms with Crippen LogP contribution < -0.4 is 4.74 Å². The van der Waals surface area contributed by atoms with E-state index in [1.165, 1.54) is 6.07 Å². The van der Waals surface area contributed by atoms with Gasteiger partial charge in [0.1, 0.15) is 5.75 Å². The van der Waals surface area contributed by atoms with E-state index in [4.69, 9.17) is 14.8 Å². The zero-order chi connectivity index (χ0) is 21.0. The number of halogens is 2. The van der Waals surface area contributed by atoms with Crippen LogP contribution in [0.3, 0.4) is 0 Å². The third-order valence-corrected chi connectivity index (χ3v) is 5.50. The van der Waals surface area contributed by atoms with E-state index < -0.39 is 6.43 Å². The quantitative estimate of drug-likeness (QED) is 0.468. The smallest absolute Gasteiger partial charge is 0.264 e. The number of nitrogens with zero attached hydrogens (tertiary/aromatic N) is 5. The summed E-state index contributed by atoms with van der Waals surface area (Å²) in [5.41, 5.74) is 3.82. The summed E-state index contributed by atoms with van der Waals surface area (Å²) < 4.78 is 36.9. The molecule has 0 spiro atoms. The maximum Gasteiger partial charge on any atom is 0.264 e. The van der Waals surface area contributed by atoms with Gasteiger partial charge in [0, 0.05) is 30.3 Å². The molecule has 30 heavy (non-hydrogen) atoms. The summed E-state index contributed by atoms with van der Waals surface area (Å²) in [5, 5.41) is 9.55. The number of hydrogen-bond acceptors (Lipinski definition) is 4. The Kier molecular flexibility index (Phi) is 4.30. The maximum atomic E-state index is 14.2. The summed E-state index contributed by atoms with van der Waals surface area (Å²) in [5.74, 6) is 0.919. The Bertz CT molecular complexity index is 1240. The van der Waals surface area contributed by atoms with Crippen LogP contribution in [0.25, 0.3) is 28.0 Å². The van der Waals surface area contributed by atoms with Gasteiger partial charge in [0.2, 0.25) is 0 Å². The van der Waals surface area contributed by atoms with Gasteiger partial charge in [0.05, 0.1) is 35.3 Å². The van der Waals surface area contributed by atoms with Crippen molar-refractivity contribution in [3.05, 3.63) is 53.5 Å². The number of methoxy groups -OCH3 is 1. The van der Waals surface area contributed by atoms with E-state index in [0.717, 1.165) is 29.8 Å². The minimum atomic E-state index is -2.63. The first kappa shape index (κ1) is 18.7. The van der Waals surface area contributed by atoms with Crippen molar-refractivity contribution in [2.24, 2.45) is 7.05 Å². The average molecular weight is 409 g/mol. The van der Waals surface area contributed by atoms with E-state index in [1.807, 2.05) is 31.2 Å². The molecule has 1 saturated carbocycles. The monoisotopic (exact) mass is 409 g/mol. The molecule has 154 valence electrons. The van der Waals surface area contributed by atoms with Crippen molar-refractivity contribution in [2.45, 2.75) is 32.1 Å². The number of hydrogen-bond donors (Lipinski definition) is 0. The minimum Gasteiger partial charge on any atom is -0.497 e. The van der Waals surface area contributed by atoms with Crippen LogP contribution in [-0.2, 0) is 7.05 Å². The fraction of sp³-hybridized carbons (Fsp3) is 0.318. The Balaban J connectivity index is 1.80. The molecule has 8 heteroatoms. The first-order valence-electron chi connectivity index (χ1n) is 9.83. The maximum absolute atomic E-state index is 14.2. The van der Waals surface area contributed by atoms with E-state index in [2.05, 4.69) is 5.10 Å². The zero-order valence-electron chi connectivity index (χ0n) is 16.9. The van der Waals surface area contributed by atoms with Crippen LogP contribution in [0.5, 0.6) is 5.75 Å². The van der Waals surface area contributed by atoms with E-state index in [-0.39, 0.29) is 11.5 Å². The van der Waals surface area contributed by atoms with Crippen LogP contribution in [-0.4, -0.2) is 31.7 Å². The molecule has 0 aliphatic heterocycles. The Labute approximate surface area is 172 Å². The zero-order valence-corrected chi connectivity index (χ0v) is 16.9. The number of aryl methyl sites for hydroxylation is 2.